The number of anilines is 1. The molecule has 1 aromatic carbocycles. The molecule has 114 valence electrons. The van der Waals surface area contributed by atoms with Crippen LogP contribution in [-0.2, 0) is 4.79 Å². The zero-order valence-corrected chi connectivity index (χ0v) is 12.7. The van der Waals surface area contributed by atoms with Crippen molar-refractivity contribution < 1.29 is 9.59 Å². The van der Waals surface area contributed by atoms with Crippen molar-refractivity contribution in [2.75, 3.05) is 11.5 Å². The lowest BCUT2D eigenvalue weighted by molar-refractivity contribution is -0.117. The van der Waals surface area contributed by atoms with Crippen LogP contribution in [0.15, 0.2) is 29.2 Å². The van der Waals surface area contributed by atoms with Crippen LogP contribution >= 0.6 is 11.8 Å². The smallest absolute Gasteiger partial charge is 0.321 e. The van der Waals surface area contributed by atoms with Crippen molar-refractivity contribution in [3.63, 3.8) is 0 Å². The van der Waals surface area contributed by atoms with Gasteiger partial charge in [0.05, 0.1) is 5.75 Å². The van der Waals surface area contributed by atoms with Gasteiger partial charge in [-0.25, -0.2) is 4.79 Å². The van der Waals surface area contributed by atoms with E-state index in [4.69, 9.17) is 5.73 Å². The van der Waals surface area contributed by atoms with Crippen LogP contribution in [0.1, 0.15) is 32.1 Å². The molecule has 0 heterocycles. The first-order valence-electron chi connectivity index (χ1n) is 7.23. The van der Waals surface area contributed by atoms with E-state index in [9.17, 15) is 9.59 Å². The third kappa shape index (κ3) is 5.30. The van der Waals surface area contributed by atoms with Gasteiger partial charge < -0.3 is 11.1 Å². The number of benzene rings is 1. The van der Waals surface area contributed by atoms with E-state index in [1.807, 2.05) is 18.2 Å². The maximum Gasteiger partial charge on any atom is 0.321 e. The minimum absolute atomic E-state index is 0.173. The van der Waals surface area contributed by atoms with E-state index in [2.05, 4.69) is 10.6 Å². The Morgan fingerprint density at radius 1 is 1.19 bits per heavy atom. The summed E-state index contributed by atoms with van der Waals surface area (Å²) in [5.41, 5.74) is 6.44. The number of carbonyl (C=O) groups is 2. The summed E-state index contributed by atoms with van der Waals surface area (Å²) in [6, 6.07) is 7.16. The van der Waals surface area contributed by atoms with Crippen molar-refractivity contribution in [3.05, 3.63) is 24.3 Å². The summed E-state index contributed by atoms with van der Waals surface area (Å²) < 4.78 is 0. The molecule has 0 spiro atoms. The number of nitrogen functional groups attached to an aromatic ring is 1. The number of hydrogen-bond acceptors (Lipinski definition) is 4. The topological polar surface area (TPSA) is 84.2 Å². The molecular formula is C15H21N3O2S. The number of amides is 3. The molecule has 1 aliphatic rings. The van der Waals surface area contributed by atoms with E-state index in [0.29, 0.717) is 5.69 Å². The fraction of sp³-hybridized carbons (Fsp3) is 0.467. The third-order valence-electron chi connectivity index (χ3n) is 3.47. The molecule has 5 nitrogen and oxygen atoms in total. The monoisotopic (exact) mass is 307 g/mol. The predicted molar refractivity (Wildman–Crippen MR) is 85.1 cm³/mol. The Morgan fingerprint density at radius 2 is 1.90 bits per heavy atom. The van der Waals surface area contributed by atoms with Gasteiger partial charge in [-0.3, -0.25) is 10.1 Å². The van der Waals surface area contributed by atoms with Crippen LogP contribution in [0.4, 0.5) is 10.5 Å². The number of urea groups is 1. The lowest BCUT2D eigenvalue weighted by Gasteiger charge is -2.22. The van der Waals surface area contributed by atoms with E-state index in [1.54, 1.807) is 6.07 Å². The van der Waals surface area contributed by atoms with E-state index in [1.165, 1.54) is 18.2 Å². The molecular weight excluding hydrogens is 286 g/mol. The van der Waals surface area contributed by atoms with Gasteiger partial charge >= 0.3 is 6.03 Å². The molecule has 1 saturated carbocycles. The molecule has 2 rings (SSSR count). The van der Waals surface area contributed by atoms with Gasteiger partial charge in [0.2, 0.25) is 5.91 Å². The number of imide groups is 1. The number of rotatable bonds is 4. The summed E-state index contributed by atoms with van der Waals surface area (Å²) in [5.74, 6) is -0.136. The Hall–Kier alpha value is -1.69. The van der Waals surface area contributed by atoms with E-state index in [0.717, 1.165) is 30.6 Å². The van der Waals surface area contributed by atoms with Gasteiger partial charge in [0.1, 0.15) is 0 Å². The summed E-state index contributed by atoms with van der Waals surface area (Å²) in [4.78, 5) is 24.3. The quantitative estimate of drug-likeness (QED) is 0.589. The summed E-state index contributed by atoms with van der Waals surface area (Å²) >= 11 is 1.33. The fourth-order valence-corrected chi connectivity index (χ4v) is 3.15. The SMILES string of the molecule is Nc1ccccc1SCC(=O)NC(=O)NC1CCCCC1. The average molecular weight is 307 g/mol. The lowest BCUT2D eigenvalue weighted by Crippen LogP contribution is -2.45. The third-order valence-corrected chi connectivity index (χ3v) is 4.56. The molecule has 1 aromatic rings. The molecule has 0 aliphatic heterocycles. The molecule has 1 fully saturated rings. The Bertz CT molecular complexity index is 501. The summed E-state index contributed by atoms with van der Waals surface area (Å²) in [7, 11) is 0. The number of nitrogens with one attached hydrogen (secondary N) is 2. The van der Waals surface area contributed by atoms with Crippen molar-refractivity contribution in [2.24, 2.45) is 0 Å². The maximum atomic E-state index is 11.7. The van der Waals surface area contributed by atoms with Crippen molar-refractivity contribution in [3.8, 4) is 0 Å². The lowest BCUT2D eigenvalue weighted by atomic mass is 9.96. The Kier molecular flexibility index (Phi) is 5.92. The molecule has 3 amide bonds. The summed E-state index contributed by atoms with van der Waals surface area (Å²) in [6.07, 6.45) is 5.51. The molecule has 0 unspecified atom stereocenters. The minimum Gasteiger partial charge on any atom is -0.398 e. The Balaban J connectivity index is 1.71. The van der Waals surface area contributed by atoms with E-state index in [-0.39, 0.29) is 17.7 Å². The first kappa shape index (κ1) is 15.7. The number of para-hydroxylation sites is 1. The highest BCUT2D eigenvalue weighted by Crippen LogP contribution is 2.23. The highest BCUT2D eigenvalue weighted by atomic mass is 32.2. The summed E-state index contributed by atoms with van der Waals surface area (Å²) in [6.45, 7) is 0. The number of carbonyl (C=O) groups excluding carboxylic acids is 2. The predicted octanol–water partition coefficient (Wildman–Crippen LogP) is 2.52. The van der Waals surface area contributed by atoms with Gasteiger partial charge in [-0.15, -0.1) is 11.8 Å². The van der Waals surface area contributed by atoms with Crippen LogP contribution in [0, 0.1) is 0 Å². The Labute approximate surface area is 129 Å². The fourth-order valence-electron chi connectivity index (χ4n) is 2.39. The highest BCUT2D eigenvalue weighted by molar-refractivity contribution is 8.00. The zero-order chi connectivity index (χ0) is 15.1. The first-order chi connectivity index (χ1) is 10.1. The molecule has 1 aliphatic carbocycles. The number of hydrogen-bond donors (Lipinski definition) is 3. The number of thioether (sulfide) groups is 1. The van der Waals surface area contributed by atoms with Crippen LogP contribution in [-0.4, -0.2) is 23.7 Å². The van der Waals surface area contributed by atoms with Gasteiger partial charge in [-0.2, -0.15) is 0 Å². The van der Waals surface area contributed by atoms with Crippen LogP contribution in [0.3, 0.4) is 0 Å². The van der Waals surface area contributed by atoms with Crippen LogP contribution in [0.25, 0.3) is 0 Å². The average Bonchev–Trinajstić information content (AvgIpc) is 2.47. The van der Waals surface area contributed by atoms with Gasteiger partial charge in [-0.1, -0.05) is 31.4 Å². The minimum atomic E-state index is -0.395. The second-order valence-electron chi connectivity index (χ2n) is 5.18. The van der Waals surface area contributed by atoms with Crippen molar-refractivity contribution in [2.45, 2.75) is 43.0 Å². The molecule has 0 bridgehead atoms. The molecule has 0 saturated heterocycles. The van der Waals surface area contributed by atoms with Gasteiger partial charge in [0.15, 0.2) is 0 Å². The second-order valence-corrected chi connectivity index (χ2v) is 6.20. The second kappa shape index (κ2) is 7.93. The first-order valence-corrected chi connectivity index (χ1v) is 8.21. The van der Waals surface area contributed by atoms with Crippen LogP contribution in [0.5, 0.6) is 0 Å². The van der Waals surface area contributed by atoms with E-state index >= 15 is 0 Å². The van der Waals surface area contributed by atoms with Gasteiger partial charge in [-0.05, 0) is 25.0 Å². The Morgan fingerprint density at radius 3 is 2.62 bits per heavy atom. The molecule has 4 N–H and O–H groups in total. The number of nitrogens with two attached hydrogens (primary N) is 1. The molecule has 0 radical (unpaired) electrons. The molecule has 6 heteroatoms. The van der Waals surface area contributed by atoms with Crippen LogP contribution in [0.2, 0.25) is 0 Å². The standard InChI is InChI=1S/C15H21N3O2S/c16-12-8-4-5-9-13(12)21-10-14(19)18-15(20)17-11-6-2-1-3-7-11/h4-5,8-9,11H,1-3,6-7,10,16H2,(H2,17,18,19,20). The van der Waals surface area contributed by atoms with E-state index < -0.39 is 6.03 Å². The molecule has 0 aromatic heterocycles. The van der Waals surface area contributed by atoms with Crippen molar-refractivity contribution in [1.82, 2.24) is 10.6 Å². The highest BCUT2D eigenvalue weighted by Gasteiger charge is 2.17. The molecule has 0 atom stereocenters. The van der Waals surface area contributed by atoms with Crippen LogP contribution < -0.4 is 16.4 Å². The normalized spacial score (nSPS) is 15.4. The van der Waals surface area contributed by atoms with Crippen molar-refractivity contribution >= 4 is 29.4 Å². The molecule has 21 heavy (non-hydrogen) atoms. The zero-order valence-electron chi connectivity index (χ0n) is 11.9. The van der Waals surface area contributed by atoms with Gasteiger partial charge in [0.25, 0.3) is 0 Å². The largest absolute Gasteiger partial charge is 0.398 e. The summed E-state index contributed by atoms with van der Waals surface area (Å²) in [5, 5.41) is 5.22. The van der Waals surface area contributed by atoms with Crippen molar-refractivity contribution in [1.29, 1.82) is 0 Å². The maximum absolute atomic E-state index is 11.7. The van der Waals surface area contributed by atoms with Gasteiger partial charge in [0, 0.05) is 16.6 Å².